The topological polar surface area (TPSA) is 21.3 Å². The van der Waals surface area contributed by atoms with Crippen LogP contribution in [-0.4, -0.2) is 18.2 Å². The van der Waals surface area contributed by atoms with Gasteiger partial charge in [0.25, 0.3) is 0 Å². The van der Waals surface area contributed by atoms with Crippen LogP contribution in [0.15, 0.2) is 18.2 Å². The molecule has 100 valence electrons. The zero-order chi connectivity index (χ0) is 13.2. The van der Waals surface area contributed by atoms with Gasteiger partial charge in [0.1, 0.15) is 0 Å². The predicted octanol–water partition coefficient (Wildman–Crippen LogP) is 3.35. The number of hydrogen-bond donors (Lipinski definition) is 1. The quantitative estimate of drug-likeness (QED) is 0.884. The lowest BCUT2D eigenvalue weighted by Crippen LogP contribution is -2.43. The summed E-state index contributed by atoms with van der Waals surface area (Å²) in [6.45, 7) is 10.6. The molecule has 18 heavy (non-hydrogen) atoms. The molecule has 0 spiro atoms. The van der Waals surface area contributed by atoms with E-state index in [-0.39, 0.29) is 5.60 Å². The van der Waals surface area contributed by atoms with Crippen molar-refractivity contribution in [1.82, 2.24) is 5.32 Å². The number of rotatable bonds is 3. The fourth-order valence-corrected chi connectivity index (χ4v) is 2.66. The van der Waals surface area contributed by atoms with Crippen molar-refractivity contribution >= 4 is 0 Å². The van der Waals surface area contributed by atoms with Gasteiger partial charge in [-0.3, -0.25) is 0 Å². The maximum atomic E-state index is 5.75. The van der Waals surface area contributed by atoms with Crippen LogP contribution in [0, 0.1) is 13.8 Å². The number of ether oxygens (including phenoxy) is 1. The summed E-state index contributed by atoms with van der Waals surface area (Å²) in [5.74, 6) is 0. The maximum Gasteiger partial charge on any atom is 0.0641 e. The third-order valence-electron chi connectivity index (χ3n) is 4.00. The largest absolute Gasteiger partial charge is 0.375 e. The Kier molecular flexibility index (Phi) is 4.08. The summed E-state index contributed by atoms with van der Waals surface area (Å²) < 4.78 is 5.75. The predicted molar refractivity (Wildman–Crippen MR) is 75.8 cm³/mol. The molecule has 1 aromatic carbocycles. The Balaban J connectivity index is 1.93. The molecule has 1 unspecified atom stereocenters. The molecule has 2 nitrogen and oxygen atoms in total. The average Bonchev–Trinajstić information content (AvgIpc) is 2.30. The van der Waals surface area contributed by atoms with Crippen LogP contribution in [0.4, 0.5) is 0 Å². The Morgan fingerprint density at radius 3 is 2.83 bits per heavy atom. The monoisotopic (exact) mass is 247 g/mol. The Labute approximate surface area is 111 Å². The van der Waals surface area contributed by atoms with Gasteiger partial charge >= 0.3 is 0 Å². The molecule has 1 saturated heterocycles. The van der Waals surface area contributed by atoms with E-state index in [0.29, 0.717) is 6.04 Å². The molecule has 0 amide bonds. The molecule has 1 aliphatic rings. The van der Waals surface area contributed by atoms with Gasteiger partial charge in [-0.15, -0.1) is 0 Å². The molecule has 0 aromatic heterocycles. The van der Waals surface area contributed by atoms with Gasteiger partial charge in [-0.05, 0) is 57.2 Å². The zero-order valence-corrected chi connectivity index (χ0v) is 12.0. The summed E-state index contributed by atoms with van der Waals surface area (Å²) in [7, 11) is 0. The van der Waals surface area contributed by atoms with E-state index in [1.54, 1.807) is 0 Å². The van der Waals surface area contributed by atoms with Crippen LogP contribution in [0.25, 0.3) is 0 Å². The molecule has 2 rings (SSSR count). The molecule has 0 saturated carbocycles. The zero-order valence-electron chi connectivity index (χ0n) is 12.0. The summed E-state index contributed by atoms with van der Waals surface area (Å²) >= 11 is 0. The SMILES string of the molecule is Cc1cccc(CNC2CCOC(C)(C)C2)c1C. The molecule has 1 aliphatic heterocycles. The van der Waals surface area contributed by atoms with E-state index in [4.69, 9.17) is 4.74 Å². The highest BCUT2D eigenvalue weighted by Gasteiger charge is 2.28. The molecular weight excluding hydrogens is 222 g/mol. The molecule has 1 N–H and O–H groups in total. The minimum absolute atomic E-state index is 0.0254. The number of hydrogen-bond acceptors (Lipinski definition) is 2. The Hall–Kier alpha value is -0.860. The van der Waals surface area contributed by atoms with Gasteiger partial charge in [-0.1, -0.05) is 18.2 Å². The molecule has 1 aromatic rings. The first-order valence-corrected chi connectivity index (χ1v) is 6.90. The van der Waals surface area contributed by atoms with E-state index >= 15 is 0 Å². The summed E-state index contributed by atoms with van der Waals surface area (Å²) in [4.78, 5) is 0. The van der Waals surface area contributed by atoms with Crippen LogP contribution < -0.4 is 5.32 Å². The minimum Gasteiger partial charge on any atom is -0.375 e. The first-order valence-electron chi connectivity index (χ1n) is 6.90. The van der Waals surface area contributed by atoms with Gasteiger partial charge in [0.05, 0.1) is 5.60 Å². The van der Waals surface area contributed by atoms with Gasteiger partial charge in [-0.2, -0.15) is 0 Å². The number of benzene rings is 1. The van der Waals surface area contributed by atoms with Crippen LogP contribution in [0.5, 0.6) is 0 Å². The third kappa shape index (κ3) is 3.33. The van der Waals surface area contributed by atoms with Gasteiger partial charge in [0.2, 0.25) is 0 Å². The van der Waals surface area contributed by atoms with Crippen LogP contribution in [0.2, 0.25) is 0 Å². The summed E-state index contributed by atoms with van der Waals surface area (Å²) in [6, 6.07) is 7.12. The molecule has 0 bridgehead atoms. The van der Waals surface area contributed by atoms with Crippen molar-refractivity contribution < 1.29 is 4.74 Å². The standard InChI is InChI=1S/C16H25NO/c1-12-6-5-7-14(13(12)2)11-17-15-8-9-18-16(3,4)10-15/h5-7,15,17H,8-11H2,1-4H3. The van der Waals surface area contributed by atoms with E-state index in [1.165, 1.54) is 16.7 Å². The molecule has 0 aliphatic carbocycles. The second-order valence-electron chi connectivity index (χ2n) is 6.04. The van der Waals surface area contributed by atoms with E-state index in [9.17, 15) is 0 Å². The van der Waals surface area contributed by atoms with Crippen molar-refractivity contribution in [2.45, 2.75) is 58.7 Å². The summed E-state index contributed by atoms with van der Waals surface area (Å²) in [5, 5.41) is 3.68. The van der Waals surface area contributed by atoms with Crippen LogP contribution in [0.1, 0.15) is 43.4 Å². The highest BCUT2D eigenvalue weighted by atomic mass is 16.5. The highest BCUT2D eigenvalue weighted by Crippen LogP contribution is 2.24. The molecule has 1 heterocycles. The highest BCUT2D eigenvalue weighted by molar-refractivity contribution is 5.32. The number of nitrogens with one attached hydrogen (secondary N) is 1. The Morgan fingerprint density at radius 2 is 2.11 bits per heavy atom. The van der Waals surface area contributed by atoms with Crippen molar-refractivity contribution in [3.8, 4) is 0 Å². The molecule has 2 heteroatoms. The van der Waals surface area contributed by atoms with Crippen LogP contribution in [0.3, 0.4) is 0 Å². The lowest BCUT2D eigenvalue weighted by Gasteiger charge is -2.36. The van der Waals surface area contributed by atoms with Crippen molar-refractivity contribution in [2.24, 2.45) is 0 Å². The van der Waals surface area contributed by atoms with E-state index in [1.807, 2.05) is 0 Å². The number of aryl methyl sites for hydroxylation is 1. The van der Waals surface area contributed by atoms with E-state index in [2.05, 4.69) is 51.2 Å². The van der Waals surface area contributed by atoms with Crippen LogP contribution >= 0.6 is 0 Å². The second-order valence-corrected chi connectivity index (χ2v) is 6.04. The van der Waals surface area contributed by atoms with Gasteiger partial charge in [0, 0.05) is 19.2 Å². The first kappa shape index (κ1) is 13.6. The maximum absolute atomic E-state index is 5.75. The van der Waals surface area contributed by atoms with Crippen molar-refractivity contribution in [2.75, 3.05) is 6.61 Å². The molecule has 0 radical (unpaired) electrons. The fourth-order valence-electron chi connectivity index (χ4n) is 2.66. The Morgan fingerprint density at radius 1 is 1.33 bits per heavy atom. The molecule has 1 atom stereocenters. The smallest absolute Gasteiger partial charge is 0.0641 e. The average molecular weight is 247 g/mol. The lowest BCUT2D eigenvalue weighted by atomic mass is 9.93. The molecule has 1 fully saturated rings. The van der Waals surface area contributed by atoms with Gasteiger partial charge in [-0.25, -0.2) is 0 Å². The normalized spacial score (nSPS) is 23.0. The van der Waals surface area contributed by atoms with E-state index in [0.717, 1.165) is 26.0 Å². The fraction of sp³-hybridized carbons (Fsp3) is 0.625. The molecular formula is C16H25NO. The van der Waals surface area contributed by atoms with Crippen molar-refractivity contribution in [1.29, 1.82) is 0 Å². The minimum atomic E-state index is 0.0254. The van der Waals surface area contributed by atoms with Gasteiger partial charge in [0.15, 0.2) is 0 Å². The summed E-state index contributed by atoms with van der Waals surface area (Å²) in [6.07, 6.45) is 2.21. The second kappa shape index (κ2) is 5.41. The Bertz CT molecular complexity index is 412. The van der Waals surface area contributed by atoms with E-state index < -0.39 is 0 Å². The lowest BCUT2D eigenvalue weighted by molar-refractivity contribution is -0.0630. The summed E-state index contributed by atoms with van der Waals surface area (Å²) in [5.41, 5.74) is 4.23. The van der Waals surface area contributed by atoms with Gasteiger partial charge < -0.3 is 10.1 Å². The van der Waals surface area contributed by atoms with Crippen molar-refractivity contribution in [3.05, 3.63) is 34.9 Å². The first-order chi connectivity index (χ1) is 8.48. The van der Waals surface area contributed by atoms with Crippen LogP contribution in [-0.2, 0) is 11.3 Å². The van der Waals surface area contributed by atoms with Crippen molar-refractivity contribution in [3.63, 3.8) is 0 Å². The third-order valence-corrected chi connectivity index (χ3v) is 4.00.